The zero-order valence-corrected chi connectivity index (χ0v) is 11.2. The third kappa shape index (κ3) is 6.68. The second-order valence-electron chi connectivity index (χ2n) is 5.04. The first-order chi connectivity index (χ1) is 8.14. The van der Waals surface area contributed by atoms with Gasteiger partial charge in [-0.2, -0.15) is 0 Å². The normalized spacial score (nSPS) is 10.2. The molecule has 0 atom stereocenters. The van der Waals surface area contributed by atoms with E-state index in [0.29, 0.717) is 5.75 Å². The van der Waals surface area contributed by atoms with Gasteiger partial charge in [0, 0.05) is 0 Å². The molecule has 100 valence electrons. The number of para-hydroxylation sites is 1. The van der Waals surface area contributed by atoms with Gasteiger partial charge < -0.3 is 10.2 Å². The van der Waals surface area contributed by atoms with E-state index in [0.717, 1.165) is 5.56 Å². The standard InChI is InChI=1S/C10H14O.C4H6O3/c1-10(2,3)8-6-4-5-7-9(8)11;1-3(5)2-4(6)7/h4-7,11H,1-3H3;2H2,1H3,(H,6,7). The topological polar surface area (TPSA) is 74.6 Å². The van der Waals surface area contributed by atoms with Crippen LogP contribution in [0.2, 0.25) is 0 Å². The van der Waals surface area contributed by atoms with Crippen molar-refractivity contribution in [3.05, 3.63) is 29.8 Å². The zero-order valence-electron chi connectivity index (χ0n) is 11.2. The van der Waals surface area contributed by atoms with Crippen LogP contribution in [0, 0.1) is 0 Å². The highest BCUT2D eigenvalue weighted by molar-refractivity contribution is 5.93. The van der Waals surface area contributed by atoms with E-state index >= 15 is 0 Å². The Bertz CT molecular complexity index is 404. The van der Waals surface area contributed by atoms with E-state index in [1.54, 1.807) is 6.07 Å². The average Bonchev–Trinajstić information content (AvgIpc) is 2.14. The van der Waals surface area contributed by atoms with Gasteiger partial charge in [-0.05, 0) is 24.0 Å². The number of aromatic hydroxyl groups is 1. The van der Waals surface area contributed by atoms with E-state index in [2.05, 4.69) is 20.8 Å². The van der Waals surface area contributed by atoms with Crippen molar-refractivity contribution in [1.29, 1.82) is 0 Å². The number of ketones is 1. The summed E-state index contributed by atoms with van der Waals surface area (Å²) in [6.07, 6.45) is -0.361. The maximum absolute atomic E-state index is 9.87. The summed E-state index contributed by atoms with van der Waals surface area (Å²) >= 11 is 0. The monoisotopic (exact) mass is 252 g/mol. The summed E-state index contributed by atoms with van der Waals surface area (Å²) in [5.74, 6) is -0.986. The molecule has 0 aliphatic rings. The predicted octanol–water partition coefficient (Wildman–Crippen LogP) is 2.74. The molecule has 1 rings (SSSR count). The Morgan fingerprint density at radius 2 is 1.67 bits per heavy atom. The third-order valence-corrected chi connectivity index (χ3v) is 2.11. The molecule has 0 radical (unpaired) electrons. The van der Waals surface area contributed by atoms with Gasteiger partial charge in [-0.15, -0.1) is 0 Å². The number of hydrogen-bond donors (Lipinski definition) is 2. The number of carbonyl (C=O) groups excluding carboxylic acids is 1. The summed E-state index contributed by atoms with van der Waals surface area (Å²) in [4.78, 5) is 19.5. The Labute approximate surface area is 107 Å². The highest BCUT2D eigenvalue weighted by Gasteiger charge is 2.16. The van der Waals surface area contributed by atoms with E-state index in [-0.39, 0.29) is 17.6 Å². The molecule has 0 aromatic heterocycles. The first kappa shape index (κ1) is 16.2. The number of carboxylic acids is 1. The van der Waals surface area contributed by atoms with E-state index in [1.165, 1.54) is 6.92 Å². The highest BCUT2D eigenvalue weighted by atomic mass is 16.4. The minimum Gasteiger partial charge on any atom is -0.508 e. The van der Waals surface area contributed by atoms with Crippen LogP contribution in [-0.4, -0.2) is 22.0 Å². The van der Waals surface area contributed by atoms with Crippen molar-refractivity contribution < 1.29 is 19.8 Å². The molecule has 0 spiro atoms. The largest absolute Gasteiger partial charge is 0.508 e. The summed E-state index contributed by atoms with van der Waals surface area (Å²) in [5, 5.41) is 17.3. The summed E-state index contributed by atoms with van der Waals surface area (Å²) in [6, 6.07) is 7.46. The van der Waals surface area contributed by atoms with Gasteiger partial charge in [-0.1, -0.05) is 39.0 Å². The molecule has 0 aliphatic carbocycles. The zero-order chi connectivity index (χ0) is 14.3. The molecule has 1 aromatic carbocycles. The van der Waals surface area contributed by atoms with Crippen molar-refractivity contribution in [3.8, 4) is 5.75 Å². The molecule has 1 aromatic rings. The Morgan fingerprint density at radius 1 is 1.17 bits per heavy atom. The fourth-order valence-corrected chi connectivity index (χ4v) is 1.32. The second kappa shape index (κ2) is 6.79. The third-order valence-electron chi connectivity index (χ3n) is 2.11. The highest BCUT2D eigenvalue weighted by Crippen LogP contribution is 2.29. The predicted molar refractivity (Wildman–Crippen MR) is 69.7 cm³/mol. The van der Waals surface area contributed by atoms with Crippen LogP contribution in [0.25, 0.3) is 0 Å². The van der Waals surface area contributed by atoms with E-state index in [9.17, 15) is 14.7 Å². The number of hydrogen-bond acceptors (Lipinski definition) is 3. The van der Waals surface area contributed by atoms with Crippen LogP contribution in [0.3, 0.4) is 0 Å². The molecule has 4 heteroatoms. The van der Waals surface area contributed by atoms with Crippen molar-refractivity contribution in [2.75, 3.05) is 0 Å². The minimum absolute atomic E-state index is 0.0331. The summed E-state index contributed by atoms with van der Waals surface area (Å²) in [6.45, 7) is 7.50. The lowest BCUT2D eigenvalue weighted by atomic mass is 9.86. The number of phenols is 1. The van der Waals surface area contributed by atoms with Crippen LogP contribution >= 0.6 is 0 Å². The number of rotatable bonds is 2. The maximum atomic E-state index is 9.87. The van der Waals surface area contributed by atoms with Gasteiger partial charge in [0.25, 0.3) is 0 Å². The lowest BCUT2D eigenvalue weighted by Gasteiger charge is -2.19. The number of Topliss-reactive ketones (excluding diaryl/α,β-unsaturated/α-hetero) is 1. The van der Waals surface area contributed by atoms with Gasteiger partial charge in [0.15, 0.2) is 0 Å². The number of benzene rings is 1. The molecule has 0 saturated carbocycles. The molecule has 0 bridgehead atoms. The van der Waals surface area contributed by atoms with E-state index < -0.39 is 5.97 Å². The molecular formula is C14H20O4. The van der Waals surface area contributed by atoms with Crippen LogP contribution in [0.15, 0.2) is 24.3 Å². The van der Waals surface area contributed by atoms with Crippen LogP contribution in [-0.2, 0) is 15.0 Å². The van der Waals surface area contributed by atoms with E-state index in [4.69, 9.17) is 5.11 Å². The molecule has 0 fully saturated rings. The first-order valence-electron chi connectivity index (χ1n) is 5.64. The Morgan fingerprint density at radius 3 is 1.89 bits per heavy atom. The lowest BCUT2D eigenvalue weighted by Crippen LogP contribution is -2.10. The molecule has 18 heavy (non-hydrogen) atoms. The maximum Gasteiger partial charge on any atom is 0.310 e. The van der Waals surface area contributed by atoms with Crippen LogP contribution < -0.4 is 0 Å². The Hall–Kier alpha value is -1.84. The number of aliphatic carboxylic acids is 1. The fourth-order valence-electron chi connectivity index (χ4n) is 1.32. The van der Waals surface area contributed by atoms with Crippen molar-refractivity contribution in [1.82, 2.24) is 0 Å². The first-order valence-corrected chi connectivity index (χ1v) is 5.64. The molecule has 0 aliphatic heterocycles. The lowest BCUT2D eigenvalue weighted by molar-refractivity contribution is -0.139. The van der Waals surface area contributed by atoms with Gasteiger partial charge in [0.2, 0.25) is 0 Å². The van der Waals surface area contributed by atoms with Crippen molar-refractivity contribution >= 4 is 11.8 Å². The number of carbonyl (C=O) groups is 2. The van der Waals surface area contributed by atoms with Crippen molar-refractivity contribution in [2.45, 2.75) is 39.5 Å². The number of carboxylic acid groups (broad SMARTS) is 1. The molecule has 0 unspecified atom stereocenters. The second-order valence-corrected chi connectivity index (χ2v) is 5.04. The molecule has 4 nitrogen and oxygen atoms in total. The average molecular weight is 252 g/mol. The summed E-state index contributed by atoms with van der Waals surface area (Å²) < 4.78 is 0. The van der Waals surface area contributed by atoms with Crippen LogP contribution in [0.5, 0.6) is 5.75 Å². The number of phenolic OH excluding ortho intramolecular Hbond substituents is 1. The quantitative estimate of drug-likeness (QED) is 0.794. The van der Waals surface area contributed by atoms with Gasteiger partial charge in [-0.25, -0.2) is 0 Å². The minimum atomic E-state index is -1.06. The van der Waals surface area contributed by atoms with E-state index in [1.807, 2.05) is 18.2 Å². The SMILES string of the molecule is CC(=O)CC(=O)O.CC(C)(C)c1ccccc1O. The van der Waals surface area contributed by atoms with Crippen LogP contribution in [0.1, 0.15) is 39.7 Å². The van der Waals surface area contributed by atoms with Crippen LogP contribution in [0.4, 0.5) is 0 Å². The molecule has 0 amide bonds. The fraction of sp³-hybridized carbons (Fsp3) is 0.429. The molecule has 0 saturated heterocycles. The van der Waals surface area contributed by atoms with Gasteiger partial charge >= 0.3 is 5.97 Å². The van der Waals surface area contributed by atoms with Crippen molar-refractivity contribution in [3.63, 3.8) is 0 Å². The molecular weight excluding hydrogens is 232 g/mol. The Balaban J connectivity index is 0.000000360. The Kier molecular flexibility index (Phi) is 6.09. The van der Waals surface area contributed by atoms with Gasteiger partial charge in [-0.3, -0.25) is 9.59 Å². The summed E-state index contributed by atoms with van der Waals surface area (Å²) in [7, 11) is 0. The van der Waals surface area contributed by atoms with Gasteiger partial charge in [0.1, 0.15) is 18.0 Å². The van der Waals surface area contributed by atoms with Gasteiger partial charge in [0.05, 0.1) is 0 Å². The molecule has 0 heterocycles. The summed E-state index contributed by atoms with van der Waals surface area (Å²) in [5.41, 5.74) is 1.03. The van der Waals surface area contributed by atoms with Crippen molar-refractivity contribution in [2.24, 2.45) is 0 Å². The molecule has 2 N–H and O–H groups in total. The smallest absolute Gasteiger partial charge is 0.310 e.